The lowest BCUT2D eigenvalue weighted by atomic mass is 9.85. The van der Waals surface area contributed by atoms with Crippen LogP contribution < -0.4 is 0 Å². The van der Waals surface area contributed by atoms with Crippen LogP contribution in [0.25, 0.3) is 0 Å². The molecule has 0 N–H and O–H groups in total. The smallest absolute Gasteiger partial charge is 0.299 e. The zero-order chi connectivity index (χ0) is 12.8. The van der Waals surface area contributed by atoms with Crippen LogP contribution >= 0.6 is 0 Å². The van der Waals surface area contributed by atoms with Crippen LogP contribution in [-0.4, -0.2) is 13.1 Å². The van der Waals surface area contributed by atoms with E-state index in [0.29, 0.717) is 12.3 Å². The topological polar surface area (TPSA) is 35.5 Å². The molecule has 2 saturated carbocycles. The zero-order valence-corrected chi connectivity index (χ0v) is 11.5. The quantitative estimate of drug-likeness (QED) is 0.511. The molecule has 0 bridgehead atoms. The van der Waals surface area contributed by atoms with Crippen molar-refractivity contribution in [2.75, 3.05) is 7.11 Å². The fourth-order valence-corrected chi connectivity index (χ4v) is 3.40. The van der Waals surface area contributed by atoms with Gasteiger partial charge in [-0.05, 0) is 24.2 Å². The van der Waals surface area contributed by atoms with Gasteiger partial charge in [0.15, 0.2) is 0 Å². The summed E-state index contributed by atoms with van der Waals surface area (Å²) in [4.78, 5) is 20.1. The summed E-state index contributed by atoms with van der Waals surface area (Å²) in [5.74, 6) is 2.13. The van der Waals surface area contributed by atoms with E-state index >= 15 is 0 Å². The third kappa shape index (κ3) is 4.60. The van der Waals surface area contributed by atoms with Gasteiger partial charge >= 0.3 is 5.97 Å². The van der Waals surface area contributed by atoms with Gasteiger partial charge in [-0.15, -0.1) is 0 Å². The largest absolute Gasteiger partial charge is 0.342 e. The van der Waals surface area contributed by atoms with Gasteiger partial charge in [0.2, 0.25) is 0 Å². The van der Waals surface area contributed by atoms with Gasteiger partial charge < -0.3 is 0 Å². The average molecular weight is 254 g/mol. The first-order valence-electron chi connectivity index (χ1n) is 7.53. The molecule has 104 valence electrons. The molecule has 2 unspecified atom stereocenters. The van der Waals surface area contributed by atoms with Crippen LogP contribution in [0.3, 0.4) is 0 Å². The molecule has 0 aromatic rings. The van der Waals surface area contributed by atoms with E-state index in [0.717, 1.165) is 11.8 Å². The summed E-state index contributed by atoms with van der Waals surface area (Å²) in [6, 6.07) is 0. The van der Waals surface area contributed by atoms with Crippen molar-refractivity contribution in [2.45, 2.75) is 64.2 Å². The molecule has 3 heteroatoms. The van der Waals surface area contributed by atoms with Crippen LogP contribution in [0.2, 0.25) is 0 Å². The lowest BCUT2D eigenvalue weighted by Crippen LogP contribution is -2.06. The second kappa shape index (κ2) is 7.13. The Kier molecular flexibility index (Phi) is 5.48. The van der Waals surface area contributed by atoms with Gasteiger partial charge in [-0.2, -0.15) is 4.89 Å². The molecule has 0 amide bonds. The van der Waals surface area contributed by atoms with Crippen molar-refractivity contribution in [2.24, 2.45) is 17.8 Å². The van der Waals surface area contributed by atoms with Gasteiger partial charge in [0.1, 0.15) is 0 Å². The Morgan fingerprint density at radius 2 is 1.89 bits per heavy atom. The van der Waals surface area contributed by atoms with Crippen LogP contribution in [0.4, 0.5) is 0 Å². The SMILES string of the molecule is COOC(=O)CC1CC1CCCC1CCCCC1. The van der Waals surface area contributed by atoms with Gasteiger partial charge in [0.25, 0.3) is 0 Å². The molecule has 2 rings (SSSR count). The lowest BCUT2D eigenvalue weighted by Gasteiger charge is -2.21. The maximum atomic E-state index is 11.2. The van der Waals surface area contributed by atoms with E-state index in [1.165, 1.54) is 64.9 Å². The molecular formula is C15H26O3. The molecule has 0 aliphatic heterocycles. The van der Waals surface area contributed by atoms with Crippen molar-refractivity contribution >= 4 is 5.97 Å². The maximum absolute atomic E-state index is 11.2. The molecule has 2 aliphatic carbocycles. The summed E-state index contributed by atoms with van der Waals surface area (Å²) in [5.41, 5.74) is 0. The van der Waals surface area contributed by atoms with Crippen molar-refractivity contribution < 1.29 is 14.6 Å². The Balaban J connectivity index is 1.50. The Morgan fingerprint density at radius 3 is 2.61 bits per heavy atom. The first-order valence-corrected chi connectivity index (χ1v) is 7.53. The Bertz CT molecular complexity index is 258. The van der Waals surface area contributed by atoms with Crippen molar-refractivity contribution in [1.82, 2.24) is 0 Å². The van der Waals surface area contributed by atoms with Crippen LogP contribution in [0.1, 0.15) is 64.2 Å². The van der Waals surface area contributed by atoms with E-state index in [4.69, 9.17) is 0 Å². The van der Waals surface area contributed by atoms with E-state index in [2.05, 4.69) is 9.78 Å². The third-order valence-electron chi connectivity index (χ3n) is 4.59. The summed E-state index contributed by atoms with van der Waals surface area (Å²) >= 11 is 0. The monoisotopic (exact) mass is 254 g/mol. The van der Waals surface area contributed by atoms with E-state index in [9.17, 15) is 4.79 Å². The minimum Gasteiger partial charge on any atom is -0.299 e. The average Bonchev–Trinajstić information content (AvgIpc) is 3.09. The van der Waals surface area contributed by atoms with Gasteiger partial charge in [0, 0.05) is 0 Å². The van der Waals surface area contributed by atoms with Crippen LogP contribution in [-0.2, 0) is 14.6 Å². The van der Waals surface area contributed by atoms with Gasteiger partial charge in [-0.25, -0.2) is 4.79 Å². The lowest BCUT2D eigenvalue weighted by molar-refractivity contribution is -0.255. The number of hydrogen-bond donors (Lipinski definition) is 0. The number of carbonyl (C=O) groups excluding carboxylic acids is 1. The van der Waals surface area contributed by atoms with Crippen molar-refractivity contribution in [3.8, 4) is 0 Å². The van der Waals surface area contributed by atoms with Crippen molar-refractivity contribution in [3.63, 3.8) is 0 Å². The number of carbonyl (C=O) groups is 1. The highest BCUT2D eigenvalue weighted by atomic mass is 17.2. The number of rotatable bonds is 7. The molecule has 0 aromatic carbocycles. The Hall–Kier alpha value is -0.570. The fourth-order valence-electron chi connectivity index (χ4n) is 3.40. The maximum Gasteiger partial charge on any atom is 0.342 e. The summed E-state index contributed by atoms with van der Waals surface area (Å²) in [6.45, 7) is 0. The highest BCUT2D eigenvalue weighted by Crippen LogP contribution is 2.45. The van der Waals surface area contributed by atoms with Crippen molar-refractivity contribution in [3.05, 3.63) is 0 Å². The molecule has 0 spiro atoms. The molecule has 2 aliphatic rings. The molecule has 2 fully saturated rings. The van der Waals surface area contributed by atoms with E-state index in [1.54, 1.807) is 0 Å². The summed E-state index contributed by atoms with van der Waals surface area (Å²) in [6.07, 6.45) is 13.1. The minimum atomic E-state index is -0.211. The second-order valence-electron chi connectivity index (χ2n) is 6.02. The van der Waals surface area contributed by atoms with E-state index < -0.39 is 0 Å². The molecule has 18 heavy (non-hydrogen) atoms. The van der Waals surface area contributed by atoms with Crippen LogP contribution in [0, 0.1) is 17.8 Å². The first kappa shape index (κ1) is 13.9. The van der Waals surface area contributed by atoms with Crippen LogP contribution in [0.5, 0.6) is 0 Å². The Labute approximate surface area is 110 Å². The van der Waals surface area contributed by atoms with E-state index in [-0.39, 0.29) is 5.97 Å². The fraction of sp³-hybridized carbons (Fsp3) is 0.933. The predicted octanol–water partition coefficient (Wildman–Crippen LogP) is 3.87. The molecular weight excluding hydrogens is 228 g/mol. The van der Waals surface area contributed by atoms with E-state index in [1.807, 2.05) is 0 Å². The Morgan fingerprint density at radius 1 is 1.11 bits per heavy atom. The standard InChI is InChI=1S/C15H26O3/c1-17-18-15(16)11-14-10-13(14)9-5-8-12-6-3-2-4-7-12/h12-14H,2-11H2,1H3. The van der Waals surface area contributed by atoms with Gasteiger partial charge in [-0.1, -0.05) is 51.4 Å². The molecule has 2 atom stereocenters. The molecule has 3 nitrogen and oxygen atoms in total. The first-order chi connectivity index (χ1) is 8.79. The summed E-state index contributed by atoms with van der Waals surface area (Å²) in [7, 11) is 1.38. The van der Waals surface area contributed by atoms with Crippen LogP contribution in [0.15, 0.2) is 0 Å². The highest BCUT2D eigenvalue weighted by molar-refractivity contribution is 5.69. The summed E-state index contributed by atoms with van der Waals surface area (Å²) in [5, 5.41) is 0. The normalized spacial score (nSPS) is 28.1. The molecule has 0 aromatic heterocycles. The minimum absolute atomic E-state index is 0.211. The molecule has 0 saturated heterocycles. The molecule has 0 radical (unpaired) electrons. The predicted molar refractivity (Wildman–Crippen MR) is 69.7 cm³/mol. The zero-order valence-electron chi connectivity index (χ0n) is 11.5. The van der Waals surface area contributed by atoms with Gasteiger partial charge in [0.05, 0.1) is 13.5 Å². The third-order valence-corrected chi connectivity index (χ3v) is 4.59. The van der Waals surface area contributed by atoms with Gasteiger partial charge in [-0.3, -0.25) is 4.89 Å². The summed E-state index contributed by atoms with van der Waals surface area (Å²) < 4.78 is 0. The highest BCUT2D eigenvalue weighted by Gasteiger charge is 2.38. The second-order valence-corrected chi connectivity index (χ2v) is 6.02. The van der Waals surface area contributed by atoms with Crippen molar-refractivity contribution in [1.29, 1.82) is 0 Å². The number of hydrogen-bond acceptors (Lipinski definition) is 3. The molecule has 0 heterocycles.